The molecule has 1 saturated heterocycles. The lowest BCUT2D eigenvalue weighted by Gasteiger charge is -2.31. The highest BCUT2D eigenvalue weighted by atomic mass is 16.6. The van der Waals surface area contributed by atoms with Crippen LogP contribution in [0.1, 0.15) is 0 Å². The van der Waals surface area contributed by atoms with Gasteiger partial charge in [0.2, 0.25) is 5.82 Å². The summed E-state index contributed by atoms with van der Waals surface area (Å²) in [6.07, 6.45) is -0.0582. The van der Waals surface area contributed by atoms with Crippen molar-refractivity contribution >= 4 is 17.3 Å². The maximum atomic E-state index is 10.8. The summed E-state index contributed by atoms with van der Waals surface area (Å²) in [6.45, 7) is 2.23. The lowest BCUT2D eigenvalue weighted by atomic mass is 10.2. The summed E-state index contributed by atoms with van der Waals surface area (Å²) < 4.78 is 10.6. The minimum atomic E-state index is -0.577. The summed E-state index contributed by atoms with van der Waals surface area (Å²) in [5.41, 5.74) is 5.59. The first kappa shape index (κ1) is 13.5. The van der Waals surface area contributed by atoms with Crippen molar-refractivity contribution in [3.63, 3.8) is 0 Å². The number of aromatic nitrogens is 1. The summed E-state index contributed by atoms with van der Waals surface area (Å²) >= 11 is 0. The van der Waals surface area contributed by atoms with Gasteiger partial charge in [0.15, 0.2) is 0 Å². The molecule has 1 aromatic heterocycles. The van der Waals surface area contributed by atoms with Crippen LogP contribution in [0.25, 0.3) is 0 Å². The Morgan fingerprint density at radius 3 is 3.16 bits per heavy atom. The van der Waals surface area contributed by atoms with E-state index in [0.717, 1.165) is 0 Å². The molecule has 19 heavy (non-hydrogen) atoms. The smallest absolute Gasteiger partial charge is 0.388 e. The van der Waals surface area contributed by atoms with Gasteiger partial charge >= 0.3 is 5.82 Å². The van der Waals surface area contributed by atoms with E-state index in [-0.39, 0.29) is 17.6 Å². The molecule has 0 amide bonds. The third-order valence-electron chi connectivity index (χ3n) is 2.88. The van der Waals surface area contributed by atoms with Gasteiger partial charge in [0.25, 0.3) is 0 Å². The van der Waals surface area contributed by atoms with Gasteiger partial charge in [-0.25, -0.2) is 0 Å². The number of nitrogen functional groups attached to an aromatic ring is 1. The first-order chi connectivity index (χ1) is 9.11. The Morgan fingerprint density at radius 2 is 2.47 bits per heavy atom. The average molecular weight is 268 g/mol. The fraction of sp³-hybridized carbons (Fsp3) is 0.545. The van der Waals surface area contributed by atoms with Crippen LogP contribution in [0.3, 0.4) is 0 Å². The Kier molecular flexibility index (Phi) is 4.13. The normalized spacial score (nSPS) is 19.4. The number of hydrogen-bond acceptors (Lipinski definition) is 7. The predicted molar refractivity (Wildman–Crippen MR) is 69.1 cm³/mol. The average Bonchev–Trinajstić information content (AvgIpc) is 2.39. The topological polar surface area (TPSA) is 104 Å². The maximum absolute atomic E-state index is 10.8. The second-order valence-electron chi connectivity index (χ2n) is 4.23. The Morgan fingerprint density at radius 1 is 1.68 bits per heavy atom. The van der Waals surface area contributed by atoms with Gasteiger partial charge in [-0.3, -0.25) is 0 Å². The number of nitro groups is 1. The predicted octanol–water partition coefficient (Wildman–Crippen LogP) is 0.424. The minimum Gasteiger partial charge on any atom is -0.392 e. The summed E-state index contributed by atoms with van der Waals surface area (Å²) in [4.78, 5) is 16.2. The monoisotopic (exact) mass is 268 g/mol. The van der Waals surface area contributed by atoms with Crippen LogP contribution in [0.2, 0.25) is 0 Å². The zero-order chi connectivity index (χ0) is 13.8. The molecule has 2 heterocycles. The zero-order valence-electron chi connectivity index (χ0n) is 10.6. The van der Waals surface area contributed by atoms with Crippen LogP contribution in [0.5, 0.6) is 0 Å². The van der Waals surface area contributed by atoms with Crippen LogP contribution in [0, 0.1) is 10.1 Å². The van der Waals surface area contributed by atoms with Gasteiger partial charge in [0.1, 0.15) is 5.69 Å². The highest BCUT2D eigenvalue weighted by molar-refractivity contribution is 5.58. The number of anilines is 2. The van der Waals surface area contributed by atoms with Crippen LogP contribution < -0.4 is 10.6 Å². The summed E-state index contributed by atoms with van der Waals surface area (Å²) in [5, 5.41) is 10.8. The van der Waals surface area contributed by atoms with Gasteiger partial charge < -0.3 is 30.2 Å². The quantitative estimate of drug-likeness (QED) is 0.623. The molecule has 2 N–H and O–H groups in total. The molecule has 0 aromatic carbocycles. The summed E-state index contributed by atoms with van der Waals surface area (Å²) in [6, 6.07) is 3.18. The van der Waals surface area contributed by atoms with E-state index in [4.69, 9.17) is 15.2 Å². The van der Waals surface area contributed by atoms with Crippen LogP contribution in [0.4, 0.5) is 17.3 Å². The molecule has 0 radical (unpaired) electrons. The fourth-order valence-corrected chi connectivity index (χ4v) is 1.99. The Balaban J connectivity index is 2.17. The van der Waals surface area contributed by atoms with Crippen LogP contribution in [-0.2, 0) is 9.47 Å². The fourth-order valence-electron chi connectivity index (χ4n) is 1.99. The molecule has 1 aliphatic rings. The van der Waals surface area contributed by atoms with Crippen molar-refractivity contribution in [2.45, 2.75) is 6.10 Å². The molecule has 8 heteroatoms. The van der Waals surface area contributed by atoms with E-state index in [1.165, 1.54) is 6.07 Å². The lowest BCUT2D eigenvalue weighted by Crippen LogP contribution is -2.44. The van der Waals surface area contributed by atoms with Crippen molar-refractivity contribution in [3.05, 3.63) is 22.2 Å². The van der Waals surface area contributed by atoms with Crippen molar-refractivity contribution in [2.75, 3.05) is 44.0 Å². The number of hydrogen-bond donors (Lipinski definition) is 1. The van der Waals surface area contributed by atoms with E-state index in [9.17, 15) is 10.1 Å². The van der Waals surface area contributed by atoms with Crippen LogP contribution >= 0.6 is 0 Å². The SMILES string of the molecule is COC[C@@H]1CN(c2ccc(N)c([N+](=O)[O-])n2)CCO1. The number of nitrogens with zero attached hydrogens (tertiary/aromatic N) is 3. The summed E-state index contributed by atoms with van der Waals surface area (Å²) in [5.74, 6) is 0.220. The van der Waals surface area contributed by atoms with Gasteiger partial charge in [-0.15, -0.1) is 0 Å². The Bertz CT molecular complexity index is 466. The molecular formula is C11H16N4O4. The molecule has 1 fully saturated rings. The molecule has 0 spiro atoms. The van der Waals surface area contributed by atoms with Gasteiger partial charge in [0.05, 0.1) is 19.3 Å². The largest absolute Gasteiger partial charge is 0.392 e. The van der Waals surface area contributed by atoms with Gasteiger partial charge in [-0.1, -0.05) is 0 Å². The minimum absolute atomic E-state index is 0.0582. The molecule has 2 rings (SSSR count). The molecule has 8 nitrogen and oxygen atoms in total. The number of methoxy groups -OCH3 is 1. The van der Waals surface area contributed by atoms with E-state index < -0.39 is 4.92 Å². The van der Waals surface area contributed by atoms with E-state index in [0.29, 0.717) is 32.1 Å². The number of morpholine rings is 1. The van der Waals surface area contributed by atoms with E-state index in [2.05, 4.69) is 4.98 Å². The van der Waals surface area contributed by atoms with E-state index >= 15 is 0 Å². The van der Waals surface area contributed by atoms with Gasteiger partial charge in [-0.05, 0) is 16.0 Å². The first-order valence-electron chi connectivity index (χ1n) is 5.88. The van der Waals surface area contributed by atoms with Crippen molar-refractivity contribution in [2.24, 2.45) is 0 Å². The number of pyridine rings is 1. The third-order valence-corrected chi connectivity index (χ3v) is 2.88. The number of nitrogens with two attached hydrogens (primary N) is 1. The van der Waals surface area contributed by atoms with Crippen LogP contribution in [-0.4, -0.2) is 49.4 Å². The van der Waals surface area contributed by atoms with Gasteiger partial charge in [-0.2, -0.15) is 0 Å². The highest BCUT2D eigenvalue weighted by Gasteiger charge is 2.25. The molecule has 1 atom stereocenters. The first-order valence-corrected chi connectivity index (χ1v) is 5.88. The van der Waals surface area contributed by atoms with Crippen molar-refractivity contribution in [3.8, 4) is 0 Å². The lowest BCUT2D eigenvalue weighted by molar-refractivity contribution is -0.388. The summed E-state index contributed by atoms with van der Waals surface area (Å²) in [7, 11) is 1.61. The van der Waals surface area contributed by atoms with Crippen molar-refractivity contribution in [1.82, 2.24) is 4.98 Å². The number of rotatable bonds is 4. The molecule has 0 saturated carbocycles. The Labute approximate surface area is 110 Å². The molecule has 0 bridgehead atoms. The molecular weight excluding hydrogens is 252 g/mol. The molecule has 1 aliphatic heterocycles. The second-order valence-corrected chi connectivity index (χ2v) is 4.23. The molecule has 104 valence electrons. The van der Waals surface area contributed by atoms with Gasteiger partial charge in [0, 0.05) is 26.3 Å². The number of ether oxygens (including phenoxy) is 2. The second kappa shape index (κ2) is 5.81. The molecule has 0 unspecified atom stereocenters. The molecule has 1 aromatic rings. The standard InChI is InChI=1S/C11H16N4O4/c1-18-7-8-6-14(4-5-19-8)10-3-2-9(12)11(13-10)15(16)17/h2-3,8H,4-7,12H2,1H3/t8-/m0/s1. The Hall–Kier alpha value is -1.93. The van der Waals surface area contributed by atoms with E-state index in [1.54, 1.807) is 13.2 Å². The highest BCUT2D eigenvalue weighted by Crippen LogP contribution is 2.24. The van der Waals surface area contributed by atoms with Crippen LogP contribution in [0.15, 0.2) is 12.1 Å². The molecule has 0 aliphatic carbocycles. The zero-order valence-corrected chi connectivity index (χ0v) is 10.6. The maximum Gasteiger partial charge on any atom is 0.388 e. The van der Waals surface area contributed by atoms with Crippen molar-refractivity contribution in [1.29, 1.82) is 0 Å². The third kappa shape index (κ3) is 3.09. The van der Waals surface area contributed by atoms with Crippen molar-refractivity contribution < 1.29 is 14.4 Å². The van der Waals surface area contributed by atoms with E-state index in [1.807, 2.05) is 4.90 Å².